The first-order valence-electron chi connectivity index (χ1n) is 10.7. The highest BCUT2D eigenvalue weighted by Gasteiger charge is 2.24. The number of nitro benzene ring substituents is 1. The van der Waals surface area contributed by atoms with Crippen LogP contribution in [-0.2, 0) is 6.54 Å². The molecule has 0 radical (unpaired) electrons. The minimum Gasteiger partial charge on any atom is -0.497 e. The number of nitro groups is 1. The second-order valence-electron chi connectivity index (χ2n) is 7.50. The van der Waals surface area contributed by atoms with E-state index in [2.05, 4.69) is 32.7 Å². The molecule has 9 heteroatoms. The number of methoxy groups -OCH3 is 1. The van der Waals surface area contributed by atoms with Crippen LogP contribution in [0, 0.1) is 10.1 Å². The normalized spacial score (nSPS) is 15.0. The summed E-state index contributed by atoms with van der Waals surface area (Å²) in [6.07, 6.45) is 2.40. The van der Waals surface area contributed by atoms with Crippen LogP contribution in [-0.4, -0.2) is 49.1 Å². The van der Waals surface area contributed by atoms with Gasteiger partial charge in [-0.15, -0.1) is 24.0 Å². The Morgan fingerprint density at radius 1 is 1.19 bits per heavy atom. The molecule has 1 fully saturated rings. The molecule has 2 N–H and O–H groups in total. The Hall–Kier alpha value is -2.40. The average Bonchev–Trinajstić information content (AvgIpc) is 3.32. The molecule has 0 aromatic heterocycles. The molecule has 0 spiro atoms. The van der Waals surface area contributed by atoms with Gasteiger partial charge in [-0.1, -0.05) is 30.3 Å². The van der Waals surface area contributed by atoms with Crippen LogP contribution in [0.1, 0.15) is 36.9 Å². The second kappa shape index (κ2) is 13.2. The number of ether oxygens (including phenoxy) is 1. The van der Waals surface area contributed by atoms with E-state index in [4.69, 9.17) is 4.74 Å². The van der Waals surface area contributed by atoms with Crippen LogP contribution in [0.4, 0.5) is 5.69 Å². The first-order valence-corrected chi connectivity index (χ1v) is 10.7. The molecule has 0 saturated carbocycles. The molecule has 2 aromatic rings. The van der Waals surface area contributed by atoms with Crippen molar-refractivity contribution in [2.75, 3.05) is 33.3 Å². The number of hydrogen-bond acceptors (Lipinski definition) is 5. The van der Waals surface area contributed by atoms with Gasteiger partial charge in [0.15, 0.2) is 5.96 Å². The van der Waals surface area contributed by atoms with E-state index in [0.717, 1.165) is 18.8 Å². The van der Waals surface area contributed by atoms with Crippen LogP contribution in [0.5, 0.6) is 5.75 Å². The summed E-state index contributed by atoms with van der Waals surface area (Å²) in [5.74, 6) is 1.49. The average molecular weight is 553 g/mol. The summed E-state index contributed by atoms with van der Waals surface area (Å²) >= 11 is 0. The van der Waals surface area contributed by atoms with Crippen LogP contribution >= 0.6 is 24.0 Å². The van der Waals surface area contributed by atoms with Gasteiger partial charge in [0.25, 0.3) is 5.69 Å². The van der Waals surface area contributed by atoms with Crippen molar-refractivity contribution in [3.63, 3.8) is 0 Å². The maximum atomic E-state index is 11.3. The third-order valence-corrected chi connectivity index (χ3v) is 5.46. The maximum Gasteiger partial charge on any atom is 0.274 e. The van der Waals surface area contributed by atoms with Gasteiger partial charge in [0.05, 0.1) is 30.2 Å². The fourth-order valence-electron chi connectivity index (χ4n) is 3.88. The quantitative estimate of drug-likeness (QED) is 0.160. The smallest absolute Gasteiger partial charge is 0.274 e. The van der Waals surface area contributed by atoms with Crippen molar-refractivity contribution >= 4 is 35.6 Å². The van der Waals surface area contributed by atoms with Gasteiger partial charge in [-0.2, -0.15) is 0 Å². The van der Waals surface area contributed by atoms with Crippen LogP contribution in [0.15, 0.2) is 53.5 Å². The van der Waals surface area contributed by atoms with Gasteiger partial charge in [0.2, 0.25) is 0 Å². The monoisotopic (exact) mass is 553 g/mol. The van der Waals surface area contributed by atoms with E-state index in [1.54, 1.807) is 25.3 Å². The van der Waals surface area contributed by atoms with Gasteiger partial charge in [-0.05, 0) is 50.6 Å². The molecule has 3 rings (SSSR count). The third kappa shape index (κ3) is 7.06. The van der Waals surface area contributed by atoms with Crippen molar-refractivity contribution in [1.29, 1.82) is 0 Å². The minimum atomic E-state index is -0.364. The molecule has 1 atom stereocenters. The van der Waals surface area contributed by atoms with Gasteiger partial charge in [0.1, 0.15) is 5.75 Å². The van der Waals surface area contributed by atoms with Crippen molar-refractivity contribution in [3.05, 3.63) is 69.8 Å². The molecule has 174 valence electrons. The van der Waals surface area contributed by atoms with Crippen molar-refractivity contribution < 1.29 is 9.66 Å². The highest BCUT2D eigenvalue weighted by atomic mass is 127. The van der Waals surface area contributed by atoms with Crippen LogP contribution < -0.4 is 15.4 Å². The van der Waals surface area contributed by atoms with Crippen molar-refractivity contribution in [2.45, 2.75) is 32.4 Å². The van der Waals surface area contributed by atoms with Gasteiger partial charge in [-0.25, -0.2) is 4.99 Å². The standard InChI is InChI=1S/C23H31N5O3.HI/c1-3-24-23(25-16-19-9-4-5-12-21(19)28(29)30)26-17-22(27-13-6-7-14-27)18-10-8-11-20(15-18)31-2;/h4-5,8-12,15,22H,3,6-7,13-14,16-17H2,1-2H3,(H2,24,25,26);1H. The summed E-state index contributed by atoms with van der Waals surface area (Å²) in [7, 11) is 1.68. The summed E-state index contributed by atoms with van der Waals surface area (Å²) < 4.78 is 5.42. The Balaban J connectivity index is 0.00000363. The highest BCUT2D eigenvalue weighted by molar-refractivity contribution is 14.0. The zero-order valence-electron chi connectivity index (χ0n) is 18.6. The van der Waals surface area contributed by atoms with E-state index in [1.165, 1.54) is 24.5 Å². The topological polar surface area (TPSA) is 92.0 Å². The molecule has 1 saturated heterocycles. The van der Waals surface area contributed by atoms with Crippen molar-refractivity contribution in [1.82, 2.24) is 15.5 Å². The maximum absolute atomic E-state index is 11.3. The number of guanidine groups is 1. The lowest BCUT2D eigenvalue weighted by Crippen LogP contribution is -2.42. The van der Waals surface area contributed by atoms with E-state index in [0.29, 0.717) is 24.6 Å². The third-order valence-electron chi connectivity index (χ3n) is 5.46. The minimum absolute atomic E-state index is 0. The Labute approximate surface area is 206 Å². The molecular formula is C23H32IN5O3. The first kappa shape index (κ1) is 25.9. The molecule has 0 bridgehead atoms. The molecule has 1 aliphatic rings. The van der Waals surface area contributed by atoms with Gasteiger partial charge in [0, 0.05) is 19.2 Å². The van der Waals surface area contributed by atoms with Crippen LogP contribution in [0.25, 0.3) is 0 Å². The van der Waals surface area contributed by atoms with Crippen molar-refractivity contribution in [2.24, 2.45) is 4.99 Å². The van der Waals surface area contributed by atoms with E-state index >= 15 is 0 Å². The zero-order valence-corrected chi connectivity index (χ0v) is 21.0. The van der Waals surface area contributed by atoms with E-state index in [-0.39, 0.29) is 47.2 Å². The van der Waals surface area contributed by atoms with Gasteiger partial charge in [-0.3, -0.25) is 15.0 Å². The molecule has 0 aliphatic carbocycles. The summed E-state index contributed by atoms with van der Waals surface area (Å²) in [5.41, 5.74) is 1.88. The molecule has 1 heterocycles. The number of aliphatic imine (C=N–C) groups is 1. The summed E-state index contributed by atoms with van der Waals surface area (Å²) in [5, 5.41) is 18.0. The predicted octanol–water partition coefficient (Wildman–Crippen LogP) is 4.11. The summed E-state index contributed by atoms with van der Waals surface area (Å²) in [4.78, 5) is 18.0. The fraction of sp³-hybridized carbons (Fsp3) is 0.435. The zero-order chi connectivity index (χ0) is 22.1. The lowest BCUT2D eigenvalue weighted by Gasteiger charge is -2.29. The number of para-hydroxylation sites is 1. The lowest BCUT2D eigenvalue weighted by molar-refractivity contribution is -0.385. The molecule has 2 aromatic carbocycles. The Kier molecular flexibility index (Phi) is 10.7. The largest absolute Gasteiger partial charge is 0.497 e. The number of benzene rings is 2. The second-order valence-corrected chi connectivity index (χ2v) is 7.50. The highest BCUT2D eigenvalue weighted by Crippen LogP contribution is 2.27. The lowest BCUT2D eigenvalue weighted by atomic mass is 10.1. The van der Waals surface area contributed by atoms with Gasteiger partial charge < -0.3 is 15.4 Å². The first-order chi connectivity index (χ1) is 15.1. The predicted molar refractivity (Wildman–Crippen MR) is 138 cm³/mol. The Morgan fingerprint density at radius 3 is 2.62 bits per heavy atom. The van der Waals surface area contributed by atoms with E-state index < -0.39 is 0 Å². The Morgan fingerprint density at radius 2 is 1.94 bits per heavy atom. The molecule has 1 aliphatic heterocycles. The Bertz CT molecular complexity index is 903. The molecule has 0 amide bonds. The molecule has 8 nitrogen and oxygen atoms in total. The number of nitrogens with zero attached hydrogens (tertiary/aromatic N) is 3. The fourth-order valence-corrected chi connectivity index (χ4v) is 3.88. The van der Waals surface area contributed by atoms with Crippen LogP contribution in [0.2, 0.25) is 0 Å². The number of hydrogen-bond donors (Lipinski definition) is 2. The number of nitrogens with one attached hydrogen (secondary N) is 2. The SMILES string of the molecule is CCNC(=NCc1ccccc1[N+](=O)[O-])NCC(c1cccc(OC)c1)N1CCCC1.I. The van der Waals surface area contributed by atoms with Crippen LogP contribution in [0.3, 0.4) is 0 Å². The number of likely N-dealkylation sites (tertiary alicyclic amines) is 1. The number of halogens is 1. The molecule has 32 heavy (non-hydrogen) atoms. The van der Waals surface area contributed by atoms with Crippen molar-refractivity contribution in [3.8, 4) is 5.75 Å². The number of rotatable bonds is 9. The van der Waals surface area contributed by atoms with E-state index in [1.807, 2.05) is 19.1 Å². The summed E-state index contributed by atoms with van der Waals surface area (Å²) in [6.45, 7) is 5.75. The summed E-state index contributed by atoms with van der Waals surface area (Å²) in [6, 6.07) is 15.1. The van der Waals surface area contributed by atoms with E-state index in [9.17, 15) is 10.1 Å². The van der Waals surface area contributed by atoms with Gasteiger partial charge >= 0.3 is 0 Å². The molecular weight excluding hydrogens is 521 g/mol. The molecule has 1 unspecified atom stereocenters.